The first-order chi connectivity index (χ1) is 4.76. The number of nitrogens with zero attached hydrogens (tertiary/aromatic N) is 2. The fourth-order valence-corrected chi connectivity index (χ4v) is 1.99. The van der Waals surface area contributed by atoms with Gasteiger partial charge in [-0.2, -0.15) is 10.5 Å². The van der Waals surface area contributed by atoms with E-state index in [9.17, 15) is 0 Å². The topological polar surface area (TPSA) is 47.6 Å². The molecule has 0 heterocycles. The van der Waals surface area contributed by atoms with Crippen LogP contribution in [0.1, 0.15) is 6.42 Å². The smallest absolute Gasteiger partial charge is 0.0695 e. The van der Waals surface area contributed by atoms with Crippen LogP contribution in [0.5, 0.6) is 0 Å². The third-order valence-electron chi connectivity index (χ3n) is 1.05. The Labute approximate surface area is 77.1 Å². The van der Waals surface area contributed by atoms with Crippen molar-refractivity contribution in [1.29, 1.82) is 10.5 Å². The second-order valence-corrected chi connectivity index (χ2v) is 3.59. The summed E-state index contributed by atoms with van der Waals surface area (Å²) in [5.74, 6) is -0.111. The van der Waals surface area contributed by atoms with E-state index in [0.717, 1.165) is 0 Å². The molecule has 0 spiro atoms. The van der Waals surface area contributed by atoms with Crippen LogP contribution in [0.15, 0.2) is 0 Å². The molecule has 0 aliphatic rings. The number of hydrogen-bond donors (Lipinski definition) is 0. The molecule has 0 radical (unpaired) electrons. The van der Waals surface area contributed by atoms with Crippen molar-refractivity contribution >= 4 is 31.9 Å². The summed E-state index contributed by atoms with van der Waals surface area (Å²) < 4.78 is 0. The Kier molecular flexibility index (Phi) is 5.67. The van der Waals surface area contributed by atoms with E-state index in [4.69, 9.17) is 10.5 Å². The Morgan fingerprint density at radius 2 is 2.00 bits per heavy atom. The molecule has 54 valence electrons. The number of alkyl halides is 2. The van der Waals surface area contributed by atoms with E-state index >= 15 is 0 Å². The van der Waals surface area contributed by atoms with Crippen LogP contribution in [-0.4, -0.2) is 10.2 Å². The Morgan fingerprint density at radius 3 is 2.30 bits per heavy atom. The average Bonchev–Trinajstić information content (AvgIpc) is 1.91. The number of nitriles is 2. The minimum absolute atomic E-state index is 0.0122. The SMILES string of the molecule is N#CCC(Br)C(C#N)CBr. The molecule has 2 atom stereocenters. The van der Waals surface area contributed by atoms with Crippen LogP contribution in [0.3, 0.4) is 0 Å². The van der Waals surface area contributed by atoms with Crippen molar-refractivity contribution in [2.75, 3.05) is 5.33 Å². The van der Waals surface area contributed by atoms with Gasteiger partial charge in [-0.3, -0.25) is 0 Å². The lowest BCUT2D eigenvalue weighted by atomic mass is 10.1. The quantitative estimate of drug-likeness (QED) is 0.735. The Morgan fingerprint density at radius 1 is 1.40 bits per heavy atom. The Bertz CT molecular complexity index is 168. The second kappa shape index (κ2) is 5.70. The monoisotopic (exact) mass is 264 g/mol. The highest BCUT2D eigenvalue weighted by Crippen LogP contribution is 2.17. The van der Waals surface area contributed by atoms with E-state index in [0.29, 0.717) is 11.8 Å². The largest absolute Gasteiger partial charge is 0.198 e. The van der Waals surface area contributed by atoms with Gasteiger partial charge in [0, 0.05) is 16.6 Å². The lowest BCUT2D eigenvalue weighted by Crippen LogP contribution is -2.12. The molecule has 0 bridgehead atoms. The average molecular weight is 266 g/mol. The van der Waals surface area contributed by atoms with Gasteiger partial charge in [-0.1, -0.05) is 31.9 Å². The van der Waals surface area contributed by atoms with Gasteiger partial charge in [0.05, 0.1) is 18.1 Å². The fraction of sp³-hybridized carbons (Fsp3) is 0.667. The number of halogens is 2. The second-order valence-electron chi connectivity index (χ2n) is 1.77. The summed E-state index contributed by atoms with van der Waals surface area (Å²) in [5.41, 5.74) is 0. The molecule has 0 N–H and O–H groups in total. The molecule has 0 fully saturated rings. The predicted molar refractivity (Wildman–Crippen MR) is 45.8 cm³/mol. The standard InChI is InChI=1S/C6H6Br2N2/c7-3-5(4-10)6(8)1-2-9/h5-6H,1,3H2. The molecule has 2 nitrogen and oxygen atoms in total. The molecule has 0 rings (SSSR count). The van der Waals surface area contributed by atoms with Gasteiger partial charge in [-0.05, 0) is 0 Å². The van der Waals surface area contributed by atoms with Crippen LogP contribution < -0.4 is 0 Å². The zero-order valence-corrected chi connectivity index (χ0v) is 8.39. The zero-order chi connectivity index (χ0) is 7.98. The minimum atomic E-state index is -0.111. The van der Waals surface area contributed by atoms with Crippen molar-refractivity contribution in [2.45, 2.75) is 11.2 Å². The van der Waals surface area contributed by atoms with E-state index < -0.39 is 0 Å². The summed E-state index contributed by atoms with van der Waals surface area (Å²) in [7, 11) is 0. The number of rotatable bonds is 3. The molecule has 0 aromatic heterocycles. The molecule has 4 heteroatoms. The highest BCUT2D eigenvalue weighted by atomic mass is 79.9. The summed E-state index contributed by atoms with van der Waals surface area (Å²) in [6, 6.07) is 4.09. The van der Waals surface area contributed by atoms with Crippen LogP contribution in [0, 0.1) is 28.6 Å². The molecule has 0 amide bonds. The normalized spacial score (nSPS) is 14.8. The summed E-state index contributed by atoms with van der Waals surface area (Å²) in [6.07, 6.45) is 0.379. The van der Waals surface area contributed by atoms with Crippen molar-refractivity contribution in [3.8, 4) is 12.1 Å². The summed E-state index contributed by atoms with van der Waals surface area (Å²) >= 11 is 6.43. The van der Waals surface area contributed by atoms with Crippen LogP contribution >= 0.6 is 31.9 Å². The van der Waals surface area contributed by atoms with Gasteiger partial charge in [-0.25, -0.2) is 0 Å². The first-order valence-electron chi connectivity index (χ1n) is 2.72. The van der Waals surface area contributed by atoms with E-state index in [1.807, 2.05) is 6.07 Å². The molecular weight excluding hydrogens is 260 g/mol. The van der Waals surface area contributed by atoms with Crippen molar-refractivity contribution in [3.05, 3.63) is 0 Å². The maximum atomic E-state index is 8.50. The Balaban J connectivity index is 3.82. The number of hydrogen-bond acceptors (Lipinski definition) is 2. The van der Waals surface area contributed by atoms with Gasteiger partial charge >= 0.3 is 0 Å². The van der Waals surface area contributed by atoms with Crippen LogP contribution in [0.25, 0.3) is 0 Å². The first-order valence-corrected chi connectivity index (χ1v) is 4.76. The molecule has 0 saturated heterocycles. The van der Waals surface area contributed by atoms with E-state index in [1.54, 1.807) is 0 Å². The molecule has 0 aromatic carbocycles. The van der Waals surface area contributed by atoms with Gasteiger partial charge < -0.3 is 0 Å². The summed E-state index contributed by atoms with van der Waals surface area (Å²) in [4.78, 5) is -0.0122. The van der Waals surface area contributed by atoms with E-state index in [1.165, 1.54) is 0 Å². The lowest BCUT2D eigenvalue weighted by Gasteiger charge is -2.07. The van der Waals surface area contributed by atoms with Crippen molar-refractivity contribution < 1.29 is 0 Å². The highest BCUT2D eigenvalue weighted by molar-refractivity contribution is 9.10. The summed E-state index contributed by atoms with van der Waals surface area (Å²) in [6.45, 7) is 0. The Hall–Kier alpha value is -0.0600. The molecule has 2 unspecified atom stereocenters. The van der Waals surface area contributed by atoms with Crippen molar-refractivity contribution in [3.63, 3.8) is 0 Å². The van der Waals surface area contributed by atoms with Gasteiger partial charge in [0.15, 0.2) is 0 Å². The summed E-state index contributed by atoms with van der Waals surface area (Å²) in [5, 5.41) is 17.4. The molecule has 0 saturated carbocycles. The van der Waals surface area contributed by atoms with Crippen LogP contribution in [-0.2, 0) is 0 Å². The fourth-order valence-electron chi connectivity index (χ4n) is 0.442. The predicted octanol–water partition coefficient (Wildman–Crippen LogP) is 2.20. The zero-order valence-electron chi connectivity index (χ0n) is 5.22. The van der Waals surface area contributed by atoms with Gasteiger partial charge in [0.25, 0.3) is 0 Å². The van der Waals surface area contributed by atoms with E-state index in [2.05, 4.69) is 37.9 Å². The van der Waals surface area contributed by atoms with Crippen molar-refractivity contribution in [1.82, 2.24) is 0 Å². The highest BCUT2D eigenvalue weighted by Gasteiger charge is 2.15. The lowest BCUT2D eigenvalue weighted by molar-refractivity contribution is 0.720. The van der Waals surface area contributed by atoms with E-state index in [-0.39, 0.29) is 10.7 Å². The third-order valence-corrected chi connectivity index (χ3v) is 2.71. The minimum Gasteiger partial charge on any atom is -0.198 e. The van der Waals surface area contributed by atoms with Gasteiger partial charge in [0.1, 0.15) is 0 Å². The van der Waals surface area contributed by atoms with Gasteiger partial charge in [0.2, 0.25) is 0 Å². The maximum absolute atomic E-state index is 8.50. The first kappa shape index (κ1) is 9.94. The van der Waals surface area contributed by atoms with Crippen LogP contribution in [0.4, 0.5) is 0 Å². The third kappa shape index (κ3) is 3.20. The van der Waals surface area contributed by atoms with Crippen LogP contribution in [0.2, 0.25) is 0 Å². The molecule has 10 heavy (non-hydrogen) atoms. The molecule has 0 aromatic rings. The molecule has 0 aliphatic heterocycles. The molecule has 0 aliphatic carbocycles. The molecular formula is C6H6Br2N2. The maximum Gasteiger partial charge on any atom is 0.0695 e. The van der Waals surface area contributed by atoms with Crippen molar-refractivity contribution in [2.24, 2.45) is 5.92 Å². The van der Waals surface area contributed by atoms with Gasteiger partial charge in [-0.15, -0.1) is 0 Å².